The van der Waals surface area contributed by atoms with E-state index in [0.29, 0.717) is 13.1 Å². The molecule has 0 aliphatic rings. The van der Waals surface area contributed by atoms with Crippen LogP contribution in [-0.4, -0.2) is 24.7 Å². The lowest BCUT2D eigenvalue weighted by molar-refractivity contribution is 0.568. The van der Waals surface area contributed by atoms with Gasteiger partial charge in [0.1, 0.15) is 0 Å². The molecule has 1 radical (unpaired) electrons. The molecule has 71 valence electrons. The molecule has 0 atom stereocenters. The SMILES string of the molecule is C=CS(=O)(=O)NCCn1c[c]cn1. The Balaban J connectivity index is 2.34. The van der Waals surface area contributed by atoms with Crippen molar-refractivity contribution in [3.8, 4) is 0 Å². The maximum Gasteiger partial charge on any atom is 0.233 e. The predicted molar refractivity (Wildman–Crippen MR) is 48.2 cm³/mol. The van der Waals surface area contributed by atoms with E-state index in [-0.39, 0.29) is 0 Å². The van der Waals surface area contributed by atoms with Gasteiger partial charge < -0.3 is 0 Å². The third-order valence-corrected chi connectivity index (χ3v) is 2.41. The molecule has 1 rings (SSSR count). The van der Waals surface area contributed by atoms with Gasteiger partial charge in [-0.2, -0.15) is 5.10 Å². The van der Waals surface area contributed by atoms with Gasteiger partial charge in [0.2, 0.25) is 10.0 Å². The van der Waals surface area contributed by atoms with E-state index in [2.05, 4.69) is 22.5 Å². The number of sulfonamides is 1. The fraction of sp³-hybridized carbons (Fsp3) is 0.286. The molecule has 0 spiro atoms. The summed E-state index contributed by atoms with van der Waals surface area (Å²) in [5, 5.41) is 4.74. The van der Waals surface area contributed by atoms with E-state index in [1.165, 1.54) is 6.20 Å². The number of hydrogen-bond acceptors (Lipinski definition) is 3. The van der Waals surface area contributed by atoms with Gasteiger partial charge in [-0.15, -0.1) is 0 Å². The van der Waals surface area contributed by atoms with Crippen molar-refractivity contribution < 1.29 is 8.42 Å². The van der Waals surface area contributed by atoms with Gasteiger partial charge >= 0.3 is 0 Å². The summed E-state index contributed by atoms with van der Waals surface area (Å²) in [5.74, 6) is 0. The molecule has 0 aliphatic carbocycles. The van der Waals surface area contributed by atoms with Crippen LogP contribution in [0.15, 0.2) is 24.4 Å². The first-order valence-electron chi connectivity index (χ1n) is 3.64. The molecule has 0 saturated carbocycles. The molecule has 0 bridgehead atoms. The molecule has 0 unspecified atom stereocenters. The summed E-state index contributed by atoms with van der Waals surface area (Å²) in [4.78, 5) is 0. The van der Waals surface area contributed by atoms with Crippen LogP contribution in [0.2, 0.25) is 0 Å². The molecule has 1 heterocycles. The number of nitrogens with one attached hydrogen (secondary N) is 1. The van der Waals surface area contributed by atoms with E-state index in [4.69, 9.17) is 0 Å². The second-order valence-electron chi connectivity index (χ2n) is 2.31. The Morgan fingerprint density at radius 3 is 3.00 bits per heavy atom. The molecular weight excluding hydrogens is 190 g/mol. The second-order valence-corrected chi connectivity index (χ2v) is 4.02. The fourth-order valence-corrected chi connectivity index (χ4v) is 1.24. The molecule has 13 heavy (non-hydrogen) atoms. The lowest BCUT2D eigenvalue weighted by Crippen LogP contribution is -2.25. The first-order chi connectivity index (χ1) is 6.14. The first-order valence-corrected chi connectivity index (χ1v) is 5.19. The Labute approximate surface area is 77.1 Å². The van der Waals surface area contributed by atoms with Crippen molar-refractivity contribution >= 4 is 10.0 Å². The van der Waals surface area contributed by atoms with Crippen LogP contribution in [0.25, 0.3) is 0 Å². The number of nitrogens with zero attached hydrogens (tertiary/aromatic N) is 2. The van der Waals surface area contributed by atoms with E-state index in [1.807, 2.05) is 0 Å². The maximum absolute atomic E-state index is 10.9. The van der Waals surface area contributed by atoms with Crippen molar-refractivity contribution in [2.24, 2.45) is 0 Å². The standard InChI is InChI=1S/C7H10N3O2S/c1-2-13(11,12)9-5-7-10-6-3-4-8-10/h2,4,6,9H,1,5,7H2. The lowest BCUT2D eigenvalue weighted by atomic mass is 10.6. The maximum atomic E-state index is 10.9. The van der Waals surface area contributed by atoms with Crippen LogP contribution >= 0.6 is 0 Å². The zero-order valence-corrected chi connectivity index (χ0v) is 7.79. The second kappa shape index (κ2) is 4.20. The first kappa shape index (κ1) is 9.94. The highest BCUT2D eigenvalue weighted by atomic mass is 32.2. The summed E-state index contributed by atoms with van der Waals surface area (Å²) >= 11 is 0. The van der Waals surface area contributed by atoms with Gasteiger partial charge in [-0.3, -0.25) is 4.68 Å². The van der Waals surface area contributed by atoms with Crippen molar-refractivity contribution in [2.45, 2.75) is 6.54 Å². The Kier molecular flexibility index (Phi) is 3.21. The monoisotopic (exact) mass is 200 g/mol. The Morgan fingerprint density at radius 2 is 2.46 bits per heavy atom. The molecule has 0 aliphatic heterocycles. The van der Waals surface area contributed by atoms with E-state index >= 15 is 0 Å². The number of hydrogen-bond donors (Lipinski definition) is 1. The molecule has 0 amide bonds. The minimum absolute atomic E-state index is 0.296. The number of rotatable bonds is 5. The van der Waals surface area contributed by atoms with Gasteiger partial charge in [0.15, 0.2) is 0 Å². The summed E-state index contributed by atoms with van der Waals surface area (Å²) in [6.45, 7) is 3.95. The smallest absolute Gasteiger partial charge is 0.233 e. The Morgan fingerprint density at radius 1 is 1.69 bits per heavy atom. The molecule has 1 aromatic rings. The molecule has 1 N–H and O–H groups in total. The molecule has 5 nitrogen and oxygen atoms in total. The van der Waals surface area contributed by atoms with Crippen LogP contribution in [0, 0.1) is 6.07 Å². The van der Waals surface area contributed by atoms with Crippen LogP contribution in [0.4, 0.5) is 0 Å². The van der Waals surface area contributed by atoms with Gasteiger partial charge in [-0.25, -0.2) is 13.1 Å². The largest absolute Gasteiger partial charge is 0.271 e. The van der Waals surface area contributed by atoms with Crippen LogP contribution in [0.5, 0.6) is 0 Å². The topological polar surface area (TPSA) is 64.0 Å². The van der Waals surface area contributed by atoms with Crippen LogP contribution in [0.3, 0.4) is 0 Å². The van der Waals surface area contributed by atoms with Gasteiger partial charge in [0, 0.05) is 24.2 Å². The van der Waals surface area contributed by atoms with Crippen molar-refractivity contribution in [1.29, 1.82) is 0 Å². The van der Waals surface area contributed by atoms with Gasteiger partial charge in [-0.1, -0.05) is 6.58 Å². The van der Waals surface area contributed by atoms with Crippen LogP contribution in [-0.2, 0) is 16.6 Å². The van der Waals surface area contributed by atoms with Crippen LogP contribution in [0.1, 0.15) is 0 Å². The minimum Gasteiger partial charge on any atom is -0.271 e. The lowest BCUT2D eigenvalue weighted by Gasteiger charge is -2.01. The third kappa shape index (κ3) is 3.39. The molecule has 6 heteroatoms. The van der Waals surface area contributed by atoms with Crippen LogP contribution < -0.4 is 4.72 Å². The van der Waals surface area contributed by atoms with Crippen molar-refractivity contribution in [1.82, 2.24) is 14.5 Å². The summed E-state index contributed by atoms with van der Waals surface area (Å²) in [6, 6.07) is 2.75. The summed E-state index contributed by atoms with van der Waals surface area (Å²) in [7, 11) is -3.31. The van der Waals surface area contributed by atoms with Gasteiger partial charge in [0.05, 0.1) is 12.7 Å². The minimum atomic E-state index is -3.31. The van der Waals surface area contributed by atoms with Gasteiger partial charge in [0.25, 0.3) is 0 Å². The van der Waals surface area contributed by atoms with E-state index < -0.39 is 10.0 Å². The van der Waals surface area contributed by atoms with E-state index in [9.17, 15) is 8.42 Å². The van der Waals surface area contributed by atoms with Crippen molar-refractivity contribution in [3.05, 3.63) is 30.4 Å². The third-order valence-electron chi connectivity index (χ3n) is 1.37. The molecule has 1 aromatic heterocycles. The average Bonchev–Trinajstić information content (AvgIpc) is 2.57. The highest BCUT2D eigenvalue weighted by molar-refractivity contribution is 7.92. The summed E-state index contributed by atoms with van der Waals surface area (Å²) in [5.41, 5.74) is 0. The zero-order valence-electron chi connectivity index (χ0n) is 6.97. The zero-order chi connectivity index (χ0) is 9.73. The molecular formula is C7H10N3O2S. The van der Waals surface area contributed by atoms with Crippen molar-refractivity contribution in [3.63, 3.8) is 0 Å². The summed E-state index contributed by atoms with van der Waals surface area (Å²) < 4.78 is 25.6. The van der Waals surface area contributed by atoms with Gasteiger partial charge in [-0.05, 0) is 0 Å². The average molecular weight is 200 g/mol. The Bertz CT molecular complexity index is 355. The quantitative estimate of drug-likeness (QED) is 0.712. The van der Waals surface area contributed by atoms with E-state index in [0.717, 1.165) is 5.41 Å². The molecule has 0 fully saturated rings. The fourth-order valence-electron chi connectivity index (χ4n) is 0.744. The van der Waals surface area contributed by atoms with E-state index in [1.54, 1.807) is 10.9 Å². The highest BCUT2D eigenvalue weighted by Gasteiger charge is 2.01. The predicted octanol–water partition coefficient (Wildman–Crippen LogP) is -0.254. The Hall–Kier alpha value is -1.14. The highest BCUT2D eigenvalue weighted by Crippen LogP contribution is 1.85. The number of aromatic nitrogens is 2. The molecule has 0 saturated heterocycles. The van der Waals surface area contributed by atoms with Crippen molar-refractivity contribution in [2.75, 3.05) is 6.54 Å². The summed E-state index contributed by atoms with van der Waals surface area (Å²) in [6.07, 6.45) is 3.16. The normalized spacial score (nSPS) is 11.4. The molecule has 0 aromatic carbocycles.